The first-order valence-electron chi connectivity index (χ1n) is 9.40. The summed E-state index contributed by atoms with van der Waals surface area (Å²) in [6.07, 6.45) is 2.69. The van der Waals surface area contributed by atoms with Crippen LogP contribution in [0.25, 0.3) is 17.3 Å². The van der Waals surface area contributed by atoms with E-state index in [0.717, 1.165) is 11.3 Å². The van der Waals surface area contributed by atoms with Crippen LogP contribution < -0.4 is 10.1 Å². The summed E-state index contributed by atoms with van der Waals surface area (Å²) in [6.45, 7) is 3.65. The summed E-state index contributed by atoms with van der Waals surface area (Å²) in [6, 6.07) is 10.7. The van der Waals surface area contributed by atoms with Crippen molar-refractivity contribution >= 4 is 34.4 Å². The second-order valence-electron chi connectivity index (χ2n) is 6.76. The molecule has 1 heterocycles. The van der Waals surface area contributed by atoms with Crippen LogP contribution in [0.4, 0.5) is 5.13 Å². The minimum Gasteiger partial charge on any atom is -0.504 e. The number of methoxy groups -OCH3 is 1. The van der Waals surface area contributed by atoms with E-state index in [1.54, 1.807) is 12.1 Å². The number of phenolic OH excluding ortho intramolecular Hbond substituents is 1. The topological polar surface area (TPSA) is 97.8 Å². The van der Waals surface area contributed by atoms with Crippen LogP contribution in [0.2, 0.25) is 0 Å². The zero-order valence-corrected chi connectivity index (χ0v) is 18.2. The SMILES string of the molecule is COc1cc(/C=C/C(=O)OCC(=O)Nc2nc(-c3ccc(C)c(C)c3)cs2)ccc1O. The Hall–Kier alpha value is -3.65. The van der Waals surface area contributed by atoms with Gasteiger partial charge in [-0.2, -0.15) is 0 Å². The van der Waals surface area contributed by atoms with Gasteiger partial charge in [-0.3, -0.25) is 10.1 Å². The molecule has 0 spiro atoms. The number of thiazole rings is 1. The molecule has 3 aromatic rings. The molecule has 0 aliphatic rings. The molecule has 7 nitrogen and oxygen atoms in total. The first-order valence-corrected chi connectivity index (χ1v) is 10.3. The summed E-state index contributed by atoms with van der Waals surface area (Å²) in [5, 5.41) is 14.5. The number of benzene rings is 2. The molecule has 0 atom stereocenters. The molecule has 0 saturated carbocycles. The van der Waals surface area contributed by atoms with Gasteiger partial charge in [0.1, 0.15) is 0 Å². The molecule has 0 fully saturated rings. The average molecular weight is 439 g/mol. The lowest BCUT2D eigenvalue weighted by Crippen LogP contribution is -2.20. The van der Waals surface area contributed by atoms with E-state index in [2.05, 4.69) is 10.3 Å². The van der Waals surface area contributed by atoms with Crippen molar-refractivity contribution in [1.82, 2.24) is 4.98 Å². The molecule has 0 radical (unpaired) electrons. The Bertz CT molecular complexity index is 1140. The number of nitrogens with zero attached hydrogens (tertiary/aromatic N) is 1. The molecule has 0 aliphatic heterocycles. The van der Waals surface area contributed by atoms with Crippen LogP contribution in [-0.2, 0) is 14.3 Å². The molecule has 31 heavy (non-hydrogen) atoms. The van der Waals surface area contributed by atoms with Gasteiger partial charge in [0.25, 0.3) is 5.91 Å². The Labute approximate surface area is 184 Å². The molecule has 0 bridgehead atoms. The number of aryl methyl sites for hydroxylation is 2. The Kier molecular flexibility index (Phi) is 7.04. The fourth-order valence-corrected chi connectivity index (χ4v) is 3.40. The molecule has 160 valence electrons. The lowest BCUT2D eigenvalue weighted by Gasteiger charge is -2.04. The third-order valence-electron chi connectivity index (χ3n) is 4.51. The van der Waals surface area contributed by atoms with Gasteiger partial charge in [0.2, 0.25) is 0 Å². The number of esters is 1. The molecule has 0 aliphatic carbocycles. The van der Waals surface area contributed by atoms with Gasteiger partial charge in [-0.1, -0.05) is 18.2 Å². The molecule has 0 unspecified atom stereocenters. The summed E-state index contributed by atoms with van der Waals surface area (Å²) in [5.41, 5.74) is 4.75. The van der Waals surface area contributed by atoms with E-state index in [4.69, 9.17) is 9.47 Å². The number of carbonyl (C=O) groups excluding carboxylic acids is 2. The van der Waals surface area contributed by atoms with E-state index in [1.807, 2.05) is 37.4 Å². The second kappa shape index (κ2) is 9.90. The number of anilines is 1. The van der Waals surface area contributed by atoms with E-state index in [-0.39, 0.29) is 5.75 Å². The third kappa shape index (κ3) is 5.93. The van der Waals surface area contributed by atoms with Crippen molar-refractivity contribution in [1.29, 1.82) is 0 Å². The van der Waals surface area contributed by atoms with Gasteiger partial charge in [0, 0.05) is 17.0 Å². The molecule has 1 amide bonds. The van der Waals surface area contributed by atoms with Crippen LogP contribution in [0.3, 0.4) is 0 Å². The number of rotatable bonds is 7. The van der Waals surface area contributed by atoms with Crippen molar-refractivity contribution in [3.05, 3.63) is 64.5 Å². The molecule has 2 N–H and O–H groups in total. The van der Waals surface area contributed by atoms with Gasteiger partial charge in [-0.15, -0.1) is 11.3 Å². The van der Waals surface area contributed by atoms with E-state index in [1.165, 1.54) is 47.8 Å². The highest BCUT2D eigenvalue weighted by Crippen LogP contribution is 2.27. The van der Waals surface area contributed by atoms with E-state index in [0.29, 0.717) is 16.4 Å². The highest BCUT2D eigenvalue weighted by molar-refractivity contribution is 7.14. The number of aromatic nitrogens is 1. The minimum absolute atomic E-state index is 0.00162. The molecule has 0 saturated heterocycles. The van der Waals surface area contributed by atoms with Crippen LogP contribution in [0.5, 0.6) is 11.5 Å². The predicted octanol–water partition coefficient (Wildman–Crippen LogP) is 4.34. The fourth-order valence-electron chi connectivity index (χ4n) is 2.67. The highest BCUT2D eigenvalue weighted by Gasteiger charge is 2.10. The van der Waals surface area contributed by atoms with Crippen molar-refractivity contribution in [2.45, 2.75) is 13.8 Å². The largest absolute Gasteiger partial charge is 0.504 e. The van der Waals surface area contributed by atoms with Crippen molar-refractivity contribution in [2.75, 3.05) is 19.0 Å². The predicted molar refractivity (Wildman–Crippen MR) is 120 cm³/mol. The van der Waals surface area contributed by atoms with Crippen LogP contribution in [0, 0.1) is 13.8 Å². The minimum atomic E-state index is -0.669. The number of hydrogen-bond acceptors (Lipinski definition) is 7. The maximum Gasteiger partial charge on any atom is 0.331 e. The number of phenols is 1. The number of hydrogen-bond donors (Lipinski definition) is 2. The summed E-state index contributed by atoms with van der Waals surface area (Å²) < 4.78 is 9.97. The Morgan fingerprint density at radius 2 is 1.97 bits per heavy atom. The lowest BCUT2D eigenvalue weighted by molar-refractivity contribution is -0.142. The number of nitrogens with one attached hydrogen (secondary N) is 1. The van der Waals surface area contributed by atoms with Gasteiger partial charge in [0.15, 0.2) is 23.2 Å². The molecule has 2 aromatic carbocycles. The normalized spacial score (nSPS) is 10.8. The monoisotopic (exact) mass is 438 g/mol. The number of ether oxygens (including phenoxy) is 2. The standard InChI is InChI=1S/C23H22N2O5S/c1-14-4-7-17(10-15(14)2)18-13-31-23(24-18)25-21(27)12-30-22(28)9-6-16-5-8-19(26)20(11-16)29-3/h4-11,13,26H,12H2,1-3H3,(H,24,25,27)/b9-6+. The van der Waals surface area contributed by atoms with Crippen molar-refractivity contribution < 1.29 is 24.2 Å². The molecule has 1 aromatic heterocycles. The van der Waals surface area contributed by atoms with Crippen LogP contribution in [-0.4, -0.2) is 35.7 Å². The van der Waals surface area contributed by atoms with Gasteiger partial charge in [0.05, 0.1) is 12.8 Å². The number of aromatic hydroxyl groups is 1. The summed E-state index contributed by atoms with van der Waals surface area (Å²) in [4.78, 5) is 28.3. The lowest BCUT2D eigenvalue weighted by atomic mass is 10.1. The Morgan fingerprint density at radius 3 is 2.71 bits per heavy atom. The maximum atomic E-state index is 12.1. The summed E-state index contributed by atoms with van der Waals surface area (Å²) in [7, 11) is 1.43. The quantitative estimate of drug-likeness (QED) is 0.421. The van der Waals surface area contributed by atoms with E-state index >= 15 is 0 Å². The number of carbonyl (C=O) groups is 2. The zero-order valence-electron chi connectivity index (χ0n) is 17.3. The Morgan fingerprint density at radius 1 is 1.16 bits per heavy atom. The van der Waals surface area contributed by atoms with E-state index < -0.39 is 18.5 Å². The molecule has 3 rings (SSSR count). The van der Waals surface area contributed by atoms with Crippen molar-refractivity contribution in [3.8, 4) is 22.8 Å². The fraction of sp³-hybridized carbons (Fsp3) is 0.174. The van der Waals surface area contributed by atoms with Crippen LogP contribution >= 0.6 is 11.3 Å². The Balaban J connectivity index is 1.51. The van der Waals surface area contributed by atoms with Crippen molar-refractivity contribution in [3.63, 3.8) is 0 Å². The first kappa shape index (κ1) is 22.0. The highest BCUT2D eigenvalue weighted by atomic mass is 32.1. The second-order valence-corrected chi connectivity index (χ2v) is 7.62. The third-order valence-corrected chi connectivity index (χ3v) is 5.27. The smallest absolute Gasteiger partial charge is 0.331 e. The van der Waals surface area contributed by atoms with Gasteiger partial charge >= 0.3 is 5.97 Å². The van der Waals surface area contributed by atoms with Gasteiger partial charge in [-0.05, 0) is 54.8 Å². The number of amides is 1. The van der Waals surface area contributed by atoms with Crippen LogP contribution in [0.1, 0.15) is 16.7 Å². The van der Waals surface area contributed by atoms with E-state index in [9.17, 15) is 14.7 Å². The summed E-state index contributed by atoms with van der Waals surface area (Å²) >= 11 is 1.30. The van der Waals surface area contributed by atoms with Gasteiger partial charge < -0.3 is 14.6 Å². The first-order chi connectivity index (χ1) is 14.9. The van der Waals surface area contributed by atoms with Crippen molar-refractivity contribution in [2.24, 2.45) is 0 Å². The van der Waals surface area contributed by atoms with Gasteiger partial charge in [-0.25, -0.2) is 9.78 Å². The molecular weight excluding hydrogens is 416 g/mol. The molecular formula is C23H22N2O5S. The average Bonchev–Trinajstić information content (AvgIpc) is 3.22. The van der Waals surface area contributed by atoms with Crippen LogP contribution in [0.15, 0.2) is 47.9 Å². The maximum absolute atomic E-state index is 12.1. The molecule has 8 heteroatoms. The zero-order chi connectivity index (χ0) is 22.4. The summed E-state index contributed by atoms with van der Waals surface area (Å²) in [5.74, 6) is -0.855.